The summed E-state index contributed by atoms with van der Waals surface area (Å²) in [6.07, 6.45) is 1.23. The number of aliphatic carboxylic acids is 1. The minimum absolute atomic E-state index is 0.0559. The number of methoxy groups -OCH3 is 1. The number of carbonyl (C=O) groups excluding carboxylic acids is 2. The molecule has 0 fully saturated rings. The lowest BCUT2D eigenvalue weighted by Crippen LogP contribution is -2.45. The highest BCUT2D eigenvalue weighted by atomic mass is 16.5. The summed E-state index contributed by atoms with van der Waals surface area (Å²) in [7, 11) is 1.54. The topological polar surface area (TPSA) is 105 Å². The lowest BCUT2D eigenvalue weighted by molar-refractivity contribution is -0.137. The molecule has 0 bridgehead atoms. The summed E-state index contributed by atoms with van der Waals surface area (Å²) < 4.78 is 4.79. The van der Waals surface area contributed by atoms with Crippen LogP contribution in [0.4, 0.5) is 0 Å². The van der Waals surface area contributed by atoms with Crippen LogP contribution < -0.4 is 10.6 Å². The molecule has 0 aromatic heterocycles. The lowest BCUT2D eigenvalue weighted by atomic mass is 10.2. The minimum atomic E-state index is -0.869. The first-order valence-electron chi connectivity index (χ1n) is 6.25. The van der Waals surface area contributed by atoms with Crippen LogP contribution in [0, 0.1) is 0 Å². The van der Waals surface area contributed by atoms with Crippen LogP contribution in [0.5, 0.6) is 0 Å². The number of nitrogens with one attached hydrogen (secondary N) is 2. The molecule has 0 aliphatic heterocycles. The molecule has 0 saturated carbocycles. The van der Waals surface area contributed by atoms with Crippen molar-refractivity contribution in [3.63, 3.8) is 0 Å². The molecule has 0 rings (SSSR count). The van der Waals surface area contributed by atoms with E-state index < -0.39 is 12.0 Å². The van der Waals surface area contributed by atoms with Gasteiger partial charge in [-0.15, -0.1) is 0 Å². The third kappa shape index (κ3) is 10.0. The van der Waals surface area contributed by atoms with Crippen molar-refractivity contribution >= 4 is 17.8 Å². The van der Waals surface area contributed by atoms with Gasteiger partial charge in [0.25, 0.3) is 0 Å². The van der Waals surface area contributed by atoms with Crippen molar-refractivity contribution in [2.75, 3.05) is 20.3 Å². The van der Waals surface area contributed by atoms with Crippen LogP contribution in [0.2, 0.25) is 0 Å². The zero-order valence-corrected chi connectivity index (χ0v) is 11.4. The maximum absolute atomic E-state index is 11.5. The second kappa shape index (κ2) is 10.3. The highest BCUT2D eigenvalue weighted by molar-refractivity contribution is 5.87. The Hall–Kier alpha value is -1.63. The fourth-order valence-corrected chi connectivity index (χ4v) is 1.37. The van der Waals surface area contributed by atoms with E-state index in [-0.39, 0.29) is 24.7 Å². The number of amides is 2. The summed E-state index contributed by atoms with van der Waals surface area (Å²) in [6, 6.07) is -0.608. The Morgan fingerprint density at radius 3 is 2.42 bits per heavy atom. The van der Waals surface area contributed by atoms with Crippen LogP contribution >= 0.6 is 0 Å². The van der Waals surface area contributed by atoms with Crippen molar-refractivity contribution in [3.8, 4) is 0 Å². The fourth-order valence-electron chi connectivity index (χ4n) is 1.37. The zero-order chi connectivity index (χ0) is 14.7. The highest BCUT2D eigenvalue weighted by Crippen LogP contribution is 2.00. The molecule has 1 unspecified atom stereocenters. The normalized spacial score (nSPS) is 11.7. The van der Waals surface area contributed by atoms with Crippen molar-refractivity contribution in [2.24, 2.45) is 0 Å². The molecule has 110 valence electrons. The molecule has 7 nitrogen and oxygen atoms in total. The first-order valence-corrected chi connectivity index (χ1v) is 6.25. The summed E-state index contributed by atoms with van der Waals surface area (Å²) in [5.41, 5.74) is 0. The third-order valence-corrected chi connectivity index (χ3v) is 2.42. The summed E-state index contributed by atoms with van der Waals surface area (Å²) in [5, 5.41) is 13.6. The molecule has 0 aliphatic carbocycles. The van der Waals surface area contributed by atoms with Crippen LogP contribution in [0.15, 0.2) is 0 Å². The molecular weight excluding hydrogens is 252 g/mol. The standard InChI is InChI=1S/C12H22N2O5/c1-9(12(18)13-7-8-19-2)14-10(15)5-3-4-6-11(16)17/h9H,3-8H2,1-2H3,(H,13,18)(H,14,15)(H,16,17). The number of carbonyl (C=O) groups is 3. The van der Waals surface area contributed by atoms with Gasteiger partial charge in [0.1, 0.15) is 6.04 Å². The van der Waals surface area contributed by atoms with Gasteiger partial charge in [0.05, 0.1) is 6.61 Å². The fraction of sp³-hybridized carbons (Fsp3) is 0.750. The number of carboxylic acids is 1. The molecule has 0 heterocycles. The van der Waals surface area contributed by atoms with Gasteiger partial charge >= 0.3 is 5.97 Å². The summed E-state index contributed by atoms with van der Waals surface area (Å²) in [6.45, 7) is 2.41. The van der Waals surface area contributed by atoms with Crippen LogP contribution in [0.1, 0.15) is 32.6 Å². The minimum Gasteiger partial charge on any atom is -0.481 e. The maximum atomic E-state index is 11.5. The lowest BCUT2D eigenvalue weighted by Gasteiger charge is -2.13. The smallest absolute Gasteiger partial charge is 0.303 e. The van der Waals surface area contributed by atoms with Gasteiger partial charge in [0.2, 0.25) is 11.8 Å². The summed E-state index contributed by atoms with van der Waals surface area (Å²) >= 11 is 0. The van der Waals surface area contributed by atoms with Crippen molar-refractivity contribution in [1.29, 1.82) is 0 Å². The van der Waals surface area contributed by atoms with Crippen LogP contribution in [0.25, 0.3) is 0 Å². The Morgan fingerprint density at radius 1 is 1.21 bits per heavy atom. The quantitative estimate of drug-likeness (QED) is 0.482. The Labute approximate surface area is 112 Å². The summed E-state index contributed by atoms with van der Waals surface area (Å²) in [4.78, 5) is 33.3. The van der Waals surface area contributed by atoms with E-state index in [4.69, 9.17) is 9.84 Å². The van der Waals surface area contributed by atoms with Gasteiger partial charge < -0.3 is 20.5 Å². The molecular formula is C12H22N2O5. The van der Waals surface area contributed by atoms with Crippen LogP contribution in [0.3, 0.4) is 0 Å². The average Bonchev–Trinajstić information content (AvgIpc) is 2.34. The van der Waals surface area contributed by atoms with E-state index in [9.17, 15) is 14.4 Å². The molecule has 0 spiro atoms. The molecule has 19 heavy (non-hydrogen) atoms. The van der Waals surface area contributed by atoms with Crippen molar-refractivity contribution in [2.45, 2.75) is 38.6 Å². The van der Waals surface area contributed by atoms with Crippen LogP contribution in [-0.2, 0) is 19.1 Å². The maximum Gasteiger partial charge on any atom is 0.303 e. The molecule has 1 atom stereocenters. The SMILES string of the molecule is COCCNC(=O)C(C)NC(=O)CCCCC(=O)O. The Balaban J connectivity index is 3.73. The second-order valence-electron chi connectivity index (χ2n) is 4.17. The van der Waals surface area contributed by atoms with Gasteiger partial charge in [0.15, 0.2) is 0 Å². The summed E-state index contributed by atoms with van der Waals surface area (Å²) in [5.74, 6) is -1.39. The predicted molar refractivity (Wildman–Crippen MR) is 68.6 cm³/mol. The second-order valence-corrected chi connectivity index (χ2v) is 4.17. The molecule has 2 amide bonds. The Bertz CT molecular complexity index is 306. The first-order chi connectivity index (χ1) is 8.97. The van der Waals surface area contributed by atoms with E-state index in [1.165, 1.54) is 7.11 Å². The number of hydrogen-bond donors (Lipinski definition) is 3. The largest absolute Gasteiger partial charge is 0.481 e. The molecule has 0 aromatic carbocycles. The van der Waals surface area contributed by atoms with E-state index >= 15 is 0 Å². The van der Waals surface area contributed by atoms with E-state index in [1.54, 1.807) is 6.92 Å². The Kier molecular flexibility index (Phi) is 9.42. The zero-order valence-electron chi connectivity index (χ0n) is 11.4. The molecule has 3 N–H and O–H groups in total. The Morgan fingerprint density at radius 2 is 1.84 bits per heavy atom. The van der Waals surface area contributed by atoms with Crippen molar-refractivity contribution in [3.05, 3.63) is 0 Å². The van der Waals surface area contributed by atoms with Gasteiger partial charge in [0, 0.05) is 26.5 Å². The number of ether oxygens (including phenoxy) is 1. The number of unbranched alkanes of at least 4 members (excludes halogenated alkanes) is 1. The van der Waals surface area contributed by atoms with E-state index in [1.807, 2.05) is 0 Å². The number of rotatable bonds is 10. The first kappa shape index (κ1) is 17.4. The van der Waals surface area contributed by atoms with Gasteiger partial charge in [-0.3, -0.25) is 14.4 Å². The van der Waals surface area contributed by atoms with E-state index in [2.05, 4.69) is 10.6 Å². The van der Waals surface area contributed by atoms with E-state index in [0.717, 1.165) is 0 Å². The van der Waals surface area contributed by atoms with E-state index in [0.29, 0.717) is 26.0 Å². The average molecular weight is 274 g/mol. The number of hydrogen-bond acceptors (Lipinski definition) is 4. The molecule has 0 aliphatic rings. The predicted octanol–water partition coefficient (Wildman–Crippen LogP) is -0.101. The van der Waals surface area contributed by atoms with Crippen molar-refractivity contribution < 1.29 is 24.2 Å². The van der Waals surface area contributed by atoms with Gasteiger partial charge in [-0.05, 0) is 19.8 Å². The monoisotopic (exact) mass is 274 g/mol. The molecule has 0 radical (unpaired) electrons. The van der Waals surface area contributed by atoms with Crippen molar-refractivity contribution in [1.82, 2.24) is 10.6 Å². The van der Waals surface area contributed by atoms with Crippen LogP contribution in [-0.4, -0.2) is 49.2 Å². The van der Waals surface area contributed by atoms with Gasteiger partial charge in [-0.25, -0.2) is 0 Å². The molecule has 7 heteroatoms. The molecule has 0 saturated heterocycles. The highest BCUT2D eigenvalue weighted by Gasteiger charge is 2.14. The third-order valence-electron chi connectivity index (χ3n) is 2.42. The van der Waals surface area contributed by atoms with Gasteiger partial charge in [-0.1, -0.05) is 0 Å². The molecule has 0 aromatic rings. The van der Waals surface area contributed by atoms with Gasteiger partial charge in [-0.2, -0.15) is 0 Å². The number of carboxylic acid groups (broad SMARTS) is 1.